The van der Waals surface area contributed by atoms with Crippen molar-refractivity contribution in [3.05, 3.63) is 83.4 Å². The number of carbonyl (C=O) groups excluding carboxylic acids is 2. The Morgan fingerprint density at radius 2 is 1.57 bits per heavy atom. The smallest absolute Gasteiger partial charge is 0.339 e. The van der Waals surface area contributed by atoms with Crippen LogP contribution in [0.25, 0.3) is 6.08 Å². The molecular formula is C26H22N2O7S2. The number of aryl methyl sites for hydroxylation is 1. The molecule has 2 amide bonds. The van der Waals surface area contributed by atoms with Crippen LogP contribution in [0.1, 0.15) is 11.1 Å². The van der Waals surface area contributed by atoms with E-state index in [0.29, 0.717) is 17.0 Å². The molecule has 1 aliphatic rings. The van der Waals surface area contributed by atoms with Gasteiger partial charge in [-0.25, -0.2) is 0 Å². The molecule has 0 unspecified atom stereocenters. The van der Waals surface area contributed by atoms with Gasteiger partial charge in [0.2, 0.25) is 0 Å². The van der Waals surface area contributed by atoms with Crippen molar-refractivity contribution < 1.29 is 31.7 Å². The normalized spacial score (nSPS) is 14.9. The first-order chi connectivity index (χ1) is 17.6. The third-order valence-electron chi connectivity index (χ3n) is 5.44. The molecule has 3 aromatic rings. The molecule has 3 aromatic carbocycles. The summed E-state index contributed by atoms with van der Waals surface area (Å²) < 4.78 is 41.1. The van der Waals surface area contributed by atoms with E-state index in [1.807, 2.05) is 6.92 Å². The van der Waals surface area contributed by atoms with E-state index in [1.54, 1.807) is 36.4 Å². The molecule has 1 saturated heterocycles. The third-order valence-corrected chi connectivity index (χ3v) is 6.97. The molecule has 1 heterocycles. The Kier molecular flexibility index (Phi) is 7.28. The van der Waals surface area contributed by atoms with Gasteiger partial charge >= 0.3 is 10.1 Å². The van der Waals surface area contributed by atoms with Crippen molar-refractivity contribution in [1.29, 1.82) is 0 Å². The maximum absolute atomic E-state index is 13.2. The highest BCUT2D eigenvalue weighted by atomic mass is 32.2. The highest BCUT2D eigenvalue weighted by molar-refractivity contribution is 7.87. The maximum Gasteiger partial charge on any atom is 0.339 e. The van der Waals surface area contributed by atoms with Gasteiger partial charge in [-0.15, -0.1) is 0 Å². The van der Waals surface area contributed by atoms with E-state index >= 15 is 0 Å². The van der Waals surface area contributed by atoms with E-state index in [1.165, 1.54) is 55.5 Å². The first-order valence-electron chi connectivity index (χ1n) is 10.9. The van der Waals surface area contributed by atoms with Crippen LogP contribution >= 0.6 is 12.2 Å². The van der Waals surface area contributed by atoms with E-state index < -0.39 is 21.9 Å². The van der Waals surface area contributed by atoms with E-state index in [0.717, 1.165) is 5.56 Å². The summed E-state index contributed by atoms with van der Waals surface area (Å²) in [7, 11) is -1.24. The molecule has 4 rings (SSSR count). The van der Waals surface area contributed by atoms with Crippen molar-refractivity contribution in [3.63, 3.8) is 0 Å². The lowest BCUT2D eigenvalue weighted by molar-refractivity contribution is -0.122. The standard InChI is InChI=1S/C26H22N2O7S2/c1-16-4-11-20(12-5-16)37(31,32)35-22-13-6-17(15-23(22)34-3)14-21-24(29)27-26(36)28(25(21)30)18-7-9-19(33-2)10-8-18/h4-15H,1-3H3,(H,27,29,36)/b21-14-. The van der Waals surface area contributed by atoms with Crippen LogP contribution in [-0.4, -0.2) is 39.6 Å². The molecular weight excluding hydrogens is 516 g/mol. The second kappa shape index (κ2) is 10.4. The third kappa shape index (κ3) is 5.47. The molecule has 1 aliphatic heterocycles. The van der Waals surface area contributed by atoms with Crippen molar-refractivity contribution in [3.8, 4) is 17.2 Å². The summed E-state index contributed by atoms with van der Waals surface area (Å²) in [5.41, 5.74) is 1.58. The number of amides is 2. The monoisotopic (exact) mass is 538 g/mol. The fourth-order valence-corrected chi connectivity index (χ4v) is 4.72. The number of anilines is 1. The van der Waals surface area contributed by atoms with Crippen molar-refractivity contribution in [1.82, 2.24) is 5.32 Å². The Balaban J connectivity index is 1.64. The van der Waals surface area contributed by atoms with E-state index in [4.69, 9.17) is 25.9 Å². The molecule has 37 heavy (non-hydrogen) atoms. The largest absolute Gasteiger partial charge is 0.497 e. The van der Waals surface area contributed by atoms with E-state index in [2.05, 4.69) is 5.32 Å². The summed E-state index contributed by atoms with van der Waals surface area (Å²) in [6, 6.07) is 17.2. The number of ether oxygens (including phenoxy) is 2. The average molecular weight is 539 g/mol. The Labute approximate surface area is 219 Å². The Hall–Kier alpha value is -4.22. The van der Waals surface area contributed by atoms with Gasteiger partial charge in [0.15, 0.2) is 16.6 Å². The van der Waals surface area contributed by atoms with Gasteiger partial charge in [0.05, 0.1) is 19.9 Å². The van der Waals surface area contributed by atoms with Crippen molar-refractivity contribution in [2.75, 3.05) is 19.1 Å². The number of methoxy groups -OCH3 is 2. The number of hydrogen-bond acceptors (Lipinski definition) is 8. The summed E-state index contributed by atoms with van der Waals surface area (Å²) in [5, 5.41) is 2.46. The lowest BCUT2D eigenvalue weighted by atomic mass is 10.1. The van der Waals surface area contributed by atoms with Crippen molar-refractivity contribution in [2.24, 2.45) is 0 Å². The quantitative estimate of drug-likeness (QED) is 0.210. The number of hydrogen-bond donors (Lipinski definition) is 1. The molecule has 9 nitrogen and oxygen atoms in total. The minimum absolute atomic E-state index is 0.00888. The second-order valence-electron chi connectivity index (χ2n) is 7.92. The topological polar surface area (TPSA) is 111 Å². The lowest BCUT2D eigenvalue weighted by Crippen LogP contribution is -2.54. The minimum Gasteiger partial charge on any atom is -0.497 e. The van der Waals surface area contributed by atoms with Crippen molar-refractivity contribution >= 4 is 51.0 Å². The summed E-state index contributed by atoms with van der Waals surface area (Å²) in [4.78, 5) is 27.0. The van der Waals surface area contributed by atoms with Gasteiger partial charge in [-0.3, -0.25) is 19.8 Å². The van der Waals surface area contributed by atoms with Crippen LogP contribution in [0, 0.1) is 6.92 Å². The van der Waals surface area contributed by atoms with Crippen LogP contribution in [0.3, 0.4) is 0 Å². The van der Waals surface area contributed by atoms with Crippen molar-refractivity contribution in [2.45, 2.75) is 11.8 Å². The zero-order valence-corrected chi connectivity index (χ0v) is 21.7. The van der Waals surface area contributed by atoms with Crippen LogP contribution in [0.5, 0.6) is 17.2 Å². The Morgan fingerprint density at radius 3 is 2.19 bits per heavy atom. The van der Waals surface area contributed by atoms with E-state index in [9.17, 15) is 18.0 Å². The number of nitrogens with one attached hydrogen (secondary N) is 1. The molecule has 0 aliphatic carbocycles. The van der Waals surface area contributed by atoms with E-state index in [-0.39, 0.29) is 27.1 Å². The summed E-state index contributed by atoms with van der Waals surface area (Å²) in [5.74, 6) is -0.652. The molecule has 0 radical (unpaired) electrons. The van der Waals surface area contributed by atoms with Crippen LogP contribution in [0.15, 0.2) is 77.2 Å². The molecule has 0 saturated carbocycles. The number of nitrogens with zero attached hydrogens (tertiary/aromatic N) is 1. The molecule has 1 fully saturated rings. The molecule has 0 spiro atoms. The van der Waals surface area contributed by atoms with Gasteiger partial charge in [0.25, 0.3) is 11.8 Å². The number of benzene rings is 3. The highest BCUT2D eigenvalue weighted by Gasteiger charge is 2.34. The number of rotatable bonds is 7. The number of thiocarbonyl (C=S) groups is 1. The summed E-state index contributed by atoms with van der Waals surface area (Å²) in [6.07, 6.45) is 1.36. The fraction of sp³-hybridized carbons (Fsp3) is 0.115. The van der Waals surface area contributed by atoms with Crippen LogP contribution in [0.4, 0.5) is 5.69 Å². The highest BCUT2D eigenvalue weighted by Crippen LogP contribution is 2.32. The fourth-order valence-electron chi connectivity index (χ4n) is 3.50. The predicted molar refractivity (Wildman–Crippen MR) is 141 cm³/mol. The van der Waals surface area contributed by atoms with Crippen LogP contribution in [0.2, 0.25) is 0 Å². The van der Waals surface area contributed by atoms with Crippen LogP contribution in [-0.2, 0) is 19.7 Å². The Morgan fingerprint density at radius 1 is 0.892 bits per heavy atom. The predicted octanol–water partition coefficient (Wildman–Crippen LogP) is 3.61. The van der Waals surface area contributed by atoms with Crippen LogP contribution < -0.4 is 23.9 Å². The molecule has 190 valence electrons. The summed E-state index contributed by atoms with van der Waals surface area (Å²) in [6.45, 7) is 1.84. The minimum atomic E-state index is -4.11. The molecule has 0 aromatic heterocycles. The Bertz CT molecular complexity index is 1510. The number of carbonyl (C=O) groups is 2. The van der Waals surface area contributed by atoms with Gasteiger partial charge in [0, 0.05) is 0 Å². The van der Waals surface area contributed by atoms with Gasteiger partial charge in [-0.1, -0.05) is 23.8 Å². The summed E-state index contributed by atoms with van der Waals surface area (Å²) >= 11 is 5.22. The second-order valence-corrected chi connectivity index (χ2v) is 9.85. The average Bonchev–Trinajstić information content (AvgIpc) is 2.87. The van der Waals surface area contributed by atoms with Gasteiger partial charge < -0.3 is 13.7 Å². The zero-order valence-electron chi connectivity index (χ0n) is 20.0. The molecule has 0 atom stereocenters. The zero-order chi connectivity index (χ0) is 26.7. The SMILES string of the molecule is COc1ccc(N2C(=O)/C(=C\c3ccc(OS(=O)(=O)c4ccc(C)cc4)c(OC)c3)C(=O)NC2=S)cc1. The molecule has 0 bridgehead atoms. The molecule has 11 heteroatoms. The van der Waals surface area contributed by atoms with Gasteiger partial charge in [-0.2, -0.15) is 8.42 Å². The van der Waals surface area contributed by atoms with Gasteiger partial charge in [0.1, 0.15) is 16.2 Å². The lowest BCUT2D eigenvalue weighted by Gasteiger charge is -2.29. The van der Waals surface area contributed by atoms with Gasteiger partial charge in [-0.05, 0) is 79.3 Å². The first kappa shape index (κ1) is 25.9. The maximum atomic E-state index is 13.2. The first-order valence-corrected chi connectivity index (χ1v) is 12.7. The molecule has 1 N–H and O–H groups in total.